The zero-order chi connectivity index (χ0) is 22.5. The lowest BCUT2D eigenvalue weighted by molar-refractivity contribution is 0.668. The van der Waals surface area contributed by atoms with E-state index < -0.39 is 12.3 Å². The summed E-state index contributed by atoms with van der Waals surface area (Å²) in [6, 6.07) is 20.4. The summed E-state index contributed by atoms with van der Waals surface area (Å²) < 4.78 is 32.1. The molecule has 29 heavy (non-hydrogen) atoms. The number of fused-ring (bicyclic) bond motifs is 3. The molecule has 0 fully saturated rings. The van der Waals surface area contributed by atoms with Crippen molar-refractivity contribution in [2.75, 3.05) is 0 Å². The van der Waals surface area contributed by atoms with Gasteiger partial charge < -0.3 is 4.42 Å². The summed E-state index contributed by atoms with van der Waals surface area (Å²) in [6.45, 7) is 3.70. The molecule has 0 unspecified atom stereocenters. The third kappa shape index (κ3) is 3.29. The van der Waals surface area contributed by atoms with E-state index in [1.807, 2.05) is 62.4 Å². The third-order valence-corrected chi connectivity index (χ3v) is 5.05. The highest BCUT2D eigenvalue weighted by molar-refractivity contribution is 6.07. The average Bonchev–Trinajstić information content (AvgIpc) is 3.17. The quantitative estimate of drug-likeness (QED) is 0.345. The molecule has 5 aromatic rings. The fraction of sp³-hybridized carbons (Fsp3) is 0.154. The van der Waals surface area contributed by atoms with E-state index in [-0.39, 0.29) is 0 Å². The maximum absolute atomic E-state index is 8.85. The van der Waals surface area contributed by atoms with Crippen LogP contribution in [0.15, 0.2) is 83.5 Å². The Labute approximate surface area is 174 Å². The predicted molar refractivity (Wildman–Crippen MR) is 118 cm³/mol. The van der Waals surface area contributed by atoms with Crippen LogP contribution in [0.1, 0.15) is 40.7 Å². The fourth-order valence-corrected chi connectivity index (χ4v) is 3.53. The Hall–Kier alpha value is -3.46. The zero-order valence-corrected chi connectivity index (χ0v) is 16.3. The van der Waals surface area contributed by atoms with E-state index in [9.17, 15) is 0 Å². The van der Waals surface area contributed by atoms with Crippen molar-refractivity contribution in [1.29, 1.82) is 0 Å². The molecule has 3 aromatic heterocycles. The molecule has 0 radical (unpaired) electrons. The van der Waals surface area contributed by atoms with E-state index >= 15 is 0 Å². The van der Waals surface area contributed by atoms with E-state index in [0.717, 1.165) is 22.2 Å². The fourth-order valence-electron chi connectivity index (χ4n) is 3.53. The lowest BCUT2D eigenvalue weighted by Gasteiger charge is -2.08. The van der Waals surface area contributed by atoms with Crippen LogP contribution < -0.4 is 0 Å². The highest BCUT2D eigenvalue weighted by Gasteiger charge is 2.14. The number of hydrogen-bond acceptors (Lipinski definition) is 3. The topological polar surface area (TPSA) is 38.9 Å². The summed E-state index contributed by atoms with van der Waals surface area (Å²) in [5.74, 6) is -0.729. The normalized spacial score (nSPS) is 13.9. The first-order chi connectivity index (χ1) is 15.2. The number of hydrogen-bond donors (Lipinski definition) is 0. The van der Waals surface area contributed by atoms with E-state index in [0.29, 0.717) is 27.8 Å². The van der Waals surface area contributed by atoms with Crippen LogP contribution in [-0.2, 0) is 6.37 Å². The summed E-state index contributed by atoms with van der Waals surface area (Å²) in [4.78, 5) is 8.96. The number of benzene rings is 2. The molecule has 0 aliphatic rings. The van der Waals surface area contributed by atoms with Gasteiger partial charge in [-0.1, -0.05) is 44.2 Å². The van der Waals surface area contributed by atoms with E-state index in [1.165, 1.54) is 0 Å². The molecule has 0 amide bonds. The minimum Gasteiger partial charge on any atom is -0.456 e. The van der Waals surface area contributed by atoms with Gasteiger partial charge in [-0.05, 0) is 53.4 Å². The van der Waals surface area contributed by atoms with Crippen molar-refractivity contribution in [2.45, 2.75) is 26.1 Å². The van der Waals surface area contributed by atoms with Crippen molar-refractivity contribution < 1.29 is 8.53 Å². The third-order valence-electron chi connectivity index (χ3n) is 5.05. The SMILES string of the molecule is [2H]C(C)(C)c1ccnc(-c2ccc3oc4ccnc(C([2H])([2H])c5ccccc5)c4c3c2)c1. The standard InChI is InChI=1S/C26H22N2O/c1-17(2)19-10-12-27-22(16-19)20-8-9-24-21(15-20)26-23(28-13-11-25(26)29-24)14-18-6-4-3-5-7-18/h3-13,15-17H,14H2,1-2H3/i14D2,17D. The van der Waals surface area contributed by atoms with Crippen molar-refractivity contribution in [2.24, 2.45) is 0 Å². The van der Waals surface area contributed by atoms with E-state index in [2.05, 4.69) is 9.97 Å². The van der Waals surface area contributed by atoms with Crippen molar-refractivity contribution in [3.63, 3.8) is 0 Å². The van der Waals surface area contributed by atoms with Gasteiger partial charge in [-0.25, -0.2) is 0 Å². The highest BCUT2D eigenvalue weighted by Crippen LogP contribution is 2.34. The smallest absolute Gasteiger partial charge is 0.138 e. The van der Waals surface area contributed by atoms with Gasteiger partial charge in [-0.3, -0.25) is 9.97 Å². The zero-order valence-electron chi connectivity index (χ0n) is 19.3. The Morgan fingerprint density at radius 3 is 2.59 bits per heavy atom. The van der Waals surface area contributed by atoms with Gasteiger partial charge >= 0.3 is 0 Å². The molecule has 0 aliphatic heterocycles. The first-order valence-electron chi connectivity index (χ1n) is 11.1. The Bertz CT molecular complexity index is 1440. The molecular weight excluding hydrogens is 356 g/mol. The maximum atomic E-state index is 8.85. The second-order valence-corrected chi connectivity index (χ2v) is 7.27. The summed E-state index contributed by atoms with van der Waals surface area (Å²) in [5, 5.41) is 1.45. The second kappa shape index (κ2) is 7.17. The van der Waals surface area contributed by atoms with Gasteiger partial charge in [0.2, 0.25) is 0 Å². The number of aromatic nitrogens is 2. The van der Waals surface area contributed by atoms with Crippen LogP contribution in [0.2, 0.25) is 0 Å². The van der Waals surface area contributed by atoms with Crippen LogP contribution in [-0.4, -0.2) is 9.97 Å². The minimum atomic E-state index is -1.79. The Morgan fingerprint density at radius 1 is 0.931 bits per heavy atom. The molecule has 3 heterocycles. The minimum absolute atomic E-state index is 0.325. The average molecular weight is 381 g/mol. The molecule has 0 spiro atoms. The van der Waals surface area contributed by atoms with E-state index in [4.69, 9.17) is 8.53 Å². The Balaban J connectivity index is 1.73. The van der Waals surface area contributed by atoms with Gasteiger partial charge in [0, 0.05) is 33.8 Å². The number of pyridine rings is 2. The Morgan fingerprint density at radius 2 is 1.76 bits per heavy atom. The van der Waals surface area contributed by atoms with Crippen LogP contribution in [0.3, 0.4) is 0 Å². The molecule has 0 aliphatic carbocycles. The summed E-state index contributed by atoms with van der Waals surface area (Å²) in [7, 11) is 0. The van der Waals surface area contributed by atoms with Crippen LogP contribution >= 0.6 is 0 Å². The molecule has 0 atom stereocenters. The lowest BCUT2D eigenvalue weighted by Crippen LogP contribution is -1.93. The number of rotatable bonds is 4. The predicted octanol–water partition coefficient (Wildman–Crippen LogP) is 6.76. The van der Waals surface area contributed by atoms with Gasteiger partial charge in [0.05, 0.1) is 16.8 Å². The molecule has 0 saturated heterocycles. The van der Waals surface area contributed by atoms with Crippen molar-refractivity contribution in [3.05, 3.63) is 95.9 Å². The van der Waals surface area contributed by atoms with Gasteiger partial charge in [0.15, 0.2) is 0 Å². The molecule has 3 nitrogen and oxygen atoms in total. The lowest BCUT2D eigenvalue weighted by atomic mass is 10.00. The van der Waals surface area contributed by atoms with Crippen molar-refractivity contribution in [3.8, 4) is 11.3 Å². The van der Waals surface area contributed by atoms with E-state index in [1.54, 1.807) is 30.6 Å². The van der Waals surface area contributed by atoms with Gasteiger partial charge in [-0.15, -0.1) is 0 Å². The maximum Gasteiger partial charge on any atom is 0.138 e. The number of nitrogens with zero attached hydrogens (tertiary/aromatic N) is 2. The summed E-state index contributed by atoms with van der Waals surface area (Å²) in [5.41, 5.74) is 4.64. The van der Waals surface area contributed by atoms with Crippen LogP contribution in [0.5, 0.6) is 0 Å². The van der Waals surface area contributed by atoms with Crippen LogP contribution in [0.4, 0.5) is 0 Å². The molecule has 0 bridgehead atoms. The molecule has 2 aromatic carbocycles. The molecule has 0 saturated carbocycles. The highest BCUT2D eigenvalue weighted by atomic mass is 16.3. The molecule has 142 valence electrons. The first-order valence-corrected chi connectivity index (χ1v) is 9.59. The molecular formula is C26H22N2O. The van der Waals surface area contributed by atoms with Crippen LogP contribution in [0.25, 0.3) is 33.2 Å². The number of furan rings is 1. The second-order valence-electron chi connectivity index (χ2n) is 7.27. The Kier molecular flexibility index (Phi) is 3.59. The van der Waals surface area contributed by atoms with Crippen molar-refractivity contribution >= 4 is 21.9 Å². The van der Waals surface area contributed by atoms with Crippen molar-refractivity contribution in [1.82, 2.24) is 9.97 Å². The van der Waals surface area contributed by atoms with Crippen LogP contribution in [0, 0.1) is 0 Å². The van der Waals surface area contributed by atoms with Gasteiger partial charge in [-0.2, -0.15) is 0 Å². The molecule has 5 rings (SSSR count). The molecule has 3 heteroatoms. The monoisotopic (exact) mass is 381 g/mol. The first kappa shape index (κ1) is 14.5. The van der Waals surface area contributed by atoms with Gasteiger partial charge in [0.25, 0.3) is 0 Å². The summed E-state index contributed by atoms with van der Waals surface area (Å²) in [6.07, 6.45) is 1.52. The molecule has 0 N–H and O–H groups in total. The van der Waals surface area contributed by atoms with Gasteiger partial charge in [0.1, 0.15) is 11.2 Å². The summed E-state index contributed by atoms with van der Waals surface area (Å²) >= 11 is 0. The largest absolute Gasteiger partial charge is 0.456 e.